The number of nitrogens with one attached hydrogen (secondary N) is 3. The van der Waals surface area contributed by atoms with Gasteiger partial charge in [0, 0.05) is 26.2 Å². The van der Waals surface area contributed by atoms with Crippen LogP contribution in [0.4, 0.5) is 4.39 Å². The summed E-state index contributed by atoms with van der Waals surface area (Å²) in [5.41, 5.74) is 6.67. The van der Waals surface area contributed by atoms with Gasteiger partial charge in [0.2, 0.25) is 11.8 Å². The molecule has 3 aliphatic rings. The molecule has 3 aromatic rings. The van der Waals surface area contributed by atoms with Crippen molar-refractivity contribution in [3.8, 4) is 0 Å². The summed E-state index contributed by atoms with van der Waals surface area (Å²) < 4.78 is 28.9. The highest BCUT2D eigenvalue weighted by Crippen LogP contribution is 2.40. The Labute approximate surface area is 304 Å². The standard InChI is InChI=1S/C21H33N3O4S.C10H9FN2O.C5H7N3O/c1-21(13-14-21)29(28)23-19(26)16-10-7-5-3-2-4-6-8-12-18(25)24-15-9-11-17(24)20(27)22-16;1-2-7-10(14)13-9-5-6(11)3-4-8(9)12-7;1-8-4(5(6)9)2-3-7-8/h5,7,16-17H,2-4,6,8-15H2,1H3,(H,22,27)(H,23,26);3-5H,2H2,1H3,(H,13,14);2-3H,1H3,(H2,6,9)/b7-5-;;. The number of fused-ring (bicyclic) bond motifs is 2. The number of nitrogens with two attached hydrogens (primary N) is 1. The fourth-order valence-electron chi connectivity index (χ4n) is 5.82. The molecule has 1 aliphatic carbocycles. The van der Waals surface area contributed by atoms with Crippen LogP contribution in [0.3, 0.4) is 0 Å². The molecule has 16 heteroatoms. The Bertz CT molecular complexity index is 1860. The highest BCUT2D eigenvalue weighted by Gasteiger charge is 2.45. The number of aromatic amines is 1. The maximum atomic E-state index is 12.9. The number of amides is 4. The predicted octanol–water partition coefficient (Wildman–Crippen LogP) is 3.24. The fourth-order valence-corrected chi connectivity index (χ4v) is 6.87. The normalized spacial score (nSPS) is 21.4. The molecule has 1 saturated heterocycles. The van der Waals surface area contributed by atoms with Crippen LogP contribution in [0.25, 0.3) is 11.0 Å². The molecule has 3 atom stereocenters. The summed E-state index contributed by atoms with van der Waals surface area (Å²) in [6.45, 7) is 4.34. The summed E-state index contributed by atoms with van der Waals surface area (Å²) in [4.78, 5) is 68.4. The Morgan fingerprint density at radius 3 is 2.50 bits per heavy atom. The minimum atomic E-state index is -1.45. The highest BCUT2D eigenvalue weighted by atomic mass is 32.2. The number of halogens is 1. The zero-order chi connectivity index (χ0) is 37.8. The Morgan fingerprint density at radius 2 is 1.85 bits per heavy atom. The fraction of sp³-hybridized carbons (Fsp3) is 0.528. The van der Waals surface area contributed by atoms with Crippen LogP contribution in [0.1, 0.15) is 101 Å². The lowest BCUT2D eigenvalue weighted by Gasteiger charge is -2.26. The molecule has 1 saturated carbocycles. The molecule has 5 N–H and O–H groups in total. The first-order chi connectivity index (χ1) is 24.8. The van der Waals surface area contributed by atoms with Crippen LogP contribution in [-0.4, -0.2) is 75.9 Å². The van der Waals surface area contributed by atoms with E-state index in [2.05, 4.69) is 25.1 Å². The number of nitrogens with zero attached hydrogens (tertiary/aromatic N) is 4. The smallest absolute Gasteiger partial charge is 0.270 e. The van der Waals surface area contributed by atoms with Gasteiger partial charge in [0.15, 0.2) is 0 Å². The summed E-state index contributed by atoms with van der Waals surface area (Å²) in [6, 6.07) is 4.42. The van der Waals surface area contributed by atoms with Crippen LogP contribution < -0.4 is 21.3 Å². The van der Waals surface area contributed by atoms with Crippen LogP contribution in [0.2, 0.25) is 0 Å². The van der Waals surface area contributed by atoms with Crippen molar-refractivity contribution in [2.24, 2.45) is 12.8 Å². The highest BCUT2D eigenvalue weighted by molar-refractivity contribution is 7.85. The quantitative estimate of drug-likeness (QED) is 0.286. The third-order valence-electron chi connectivity index (χ3n) is 9.29. The SMILES string of the molecule is CC1(S(=O)NC(=O)C2C/C=C\CCCCCCC(=O)N3CCCC3C(=O)N2)CC1.CCc1nc2ccc(F)cc2[nH]c1=O.Cn1nccc1C(N)=O. The van der Waals surface area contributed by atoms with Crippen molar-refractivity contribution in [1.29, 1.82) is 0 Å². The third-order valence-corrected chi connectivity index (χ3v) is 11.0. The number of hydrogen-bond acceptors (Lipinski definition) is 8. The van der Waals surface area contributed by atoms with E-state index in [0.717, 1.165) is 51.4 Å². The maximum absolute atomic E-state index is 12.9. The van der Waals surface area contributed by atoms with Crippen molar-refractivity contribution in [2.75, 3.05) is 6.54 Å². The van der Waals surface area contributed by atoms with Gasteiger partial charge in [0.05, 0.1) is 15.8 Å². The molecule has 2 fully saturated rings. The zero-order valence-corrected chi connectivity index (χ0v) is 30.8. The number of aryl methyl sites for hydroxylation is 2. The van der Waals surface area contributed by atoms with Gasteiger partial charge in [-0.2, -0.15) is 5.10 Å². The second kappa shape index (κ2) is 18.7. The van der Waals surface area contributed by atoms with E-state index >= 15 is 0 Å². The Morgan fingerprint density at radius 1 is 1.10 bits per heavy atom. The summed E-state index contributed by atoms with van der Waals surface area (Å²) in [5.74, 6) is -1.51. The predicted molar refractivity (Wildman–Crippen MR) is 195 cm³/mol. The van der Waals surface area contributed by atoms with E-state index in [4.69, 9.17) is 5.73 Å². The van der Waals surface area contributed by atoms with Gasteiger partial charge in [-0.3, -0.25) is 33.4 Å². The van der Waals surface area contributed by atoms with Gasteiger partial charge >= 0.3 is 0 Å². The van der Waals surface area contributed by atoms with Crippen LogP contribution in [0.5, 0.6) is 0 Å². The number of hydrogen-bond donors (Lipinski definition) is 4. The molecule has 3 unspecified atom stereocenters. The molecule has 1 aromatic carbocycles. The lowest BCUT2D eigenvalue weighted by molar-refractivity contribution is -0.139. The number of benzene rings is 1. The molecule has 6 rings (SSSR count). The van der Waals surface area contributed by atoms with Crippen molar-refractivity contribution in [3.05, 3.63) is 70.2 Å². The van der Waals surface area contributed by atoms with Crippen LogP contribution >= 0.6 is 0 Å². The molecular weight excluding hydrogens is 692 g/mol. The van der Waals surface area contributed by atoms with Crippen LogP contribution in [0.15, 0.2) is 47.4 Å². The van der Waals surface area contributed by atoms with E-state index in [9.17, 15) is 32.6 Å². The van der Waals surface area contributed by atoms with Crippen molar-refractivity contribution in [2.45, 2.75) is 108 Å². The first-order valence-electron chi connectivity index (χ1n) is 17.8. The van der Waals surface area contributed by atoms with E-state index in [1.165, 1.54) is 23.0 Å². The number of carbonyl (C=O) groups excluding carboxylic acids is 4. The van der Waals surface area contributed by atoms with Crippen molar-refractivity contribution < 1.29 is 27.8 Å². The second-order valence-electron chi connectivity index (χ2n) is 13.4. The molecule has 282 valence electrons. The monoisotopic (exact) mass is 740 g/mol. The second-order valence-corrected chi connectivity index (χ2v) is 15.1. The minimum Gasteiger partial charge on any atom is -0.364 e. The molecule has 4 heterocycles. The zero-order valence-electron chi connectivity index (χ0n) is 30.0. The lowest BCUT2D eigenvalue weighted by Crippen LogP contribution is -2.53. The summed E-state index contributed by atoms with van der Waals surface area (Å²) in [7, 11) is 0.216. The average Bonchev–Trinajstić information content (AvgIpc) is 3.46. The third kappa shape index (κ3) is 11.1. The molecule has 2 aliphatic heterocycles. The topological polar surface area (TPSA) is 202 Å². The van der Waals surface area contributed by atoms with Crippen molar-refractivity contribution in [1.82, 2.24) is 34.7 Å². The Hall–Kier alpha value is -4.73. The van der Waals surface area contributed by atoms with Gasteiger partial charge in [0.25, 0.3) is 17.4 Å². The first kappa shape index (κ1) is 40.0. The molecule has 0 radical (unpaired) electrons. The number of primary amides is 1. The summed E-state index contributed by atoms with van der Waals surface area (Å²) in [5, 5.41) is 6.58. The average molecular weight is 741 g/mol. The minimum absolute atomic E-state index is 0.0272. The number of H-pyrrole nitrogens is 1. The molecule has 4 amide bonds. The number of rotatable bonds is 5. The van der Waals surface area contributed by atoms with Gasteiger partial charge in [0.1, 0.15) is 40.3 Å². The van der Waals surface area contributed by atoms with Crippen molar-refractivity contribution in [3.63, 3.8) is 0 Å². The number of aromatic nitrogens is 4. The Balaban J connectivity index is 0.000000215. The number of allylic oxidation sites excluding steroid dienone is 1. The van der Waals surface area contributed by atoms with E-state index in [0.29, 0.717) is 54.6 Å². The molecule has 0 bridgehead atoms. The maximum Gasteiger partial charge on any atom is 0.270 e. The van der Waals surface area contributed by atoms with E-state index in [1.54, 1.807) is 24.1 Å². The van der Waals surface area contributed by atoms with Gasteiger partial charge < -0.3 is 20.9 Å². The summed E-state index contributed by atoms with van der Waals surface area (Å²) in [6.07, 6.45) is 14.8. The first-order valence-corrected chi connectivity index (χ1v) is 18.9. The molecule has 0 spiro atoms. The van der Waals surface area contributed by atoms with E-state index in [-0.39, 0.29) is 27.9 Å². The van der Waals surface area contributed by atoms with Crippen molar-refractivity contribution >= 4 is 45.6 Å². The summed E-state index contributed by atoms with van der Waals surface area (Å²) >= 11 is 0. The number of carbonyl (C=O) groups is 4. The van der Waals surface area contributed by atoms with Gasteiger partial charge in [-0.15, -0.1) is 0 Å². The Kier molecular flexibility index (Phi) is 14.4. The van der Waals surface area contributed by atoms with Gasteiger partial charge in [-0.25, -0.2) is 13.6 Å². The van der Waals surface area contributed by atoms with E-state index < -0.39 is 34.9 Å². The largest absolute Gasteiger partial charge is 0.364 e. The molecule has 52 heavy (non-hydrogen) atoms. The lowest BCUT2D eigenvalue weighted by atomic mass is 10.1. The molecular formula is C36H49FN8O6S. The van der Waals surface area contributed by atoms with Gasteiger partial charge in [-0.1, -0.05) is 31.9 Å². The van der Waals surface area contributed by atoms with Gasteiger partial charge in [-0.05, 0) is 89.0 Å². The molecule has 14 nitrogen and oxygen atoms in total. The van der Waals surface area contributed by atoms with Crippen LogP contribution in [0, 0.1) is 5.82 Å². The van der Waals surface area contributed by atoms with E-state index in [1.807, 2.05) is 26.0 Å². The molecule has 2 aromatic heterocycles. The van der Waals surface area contributed by atoms with Crippen LogP contribution in [-0.2, 0) is 38.8 Å².